The maximum absolute atomic E-state index is 13.9. The lowest BCUT2D eigenvalue weighted by molar-refractivity contribution is -0.140. The summed E-state index contributed by atoms with van der Waals surface area (Å²) < 4.78 is 24.5. The Hall–Kier alpha value is -2.75. The molecule has 9 heteroatoms. The zero-order valence-electron chi connectivity index (χ0n) is 17.0. The Morgan fingerprint density at radius 1 is 1.26 bits per heavy atom. The number of benzene rings is 1. The van der Waals surface area contributed by atoms with Crippen molar-refractivity contribution in [3.63, 3.8) is 0 Å². The fraction of sp³-hybridized carbons (Fsp3) is 0.364. The molecule has 0 aliphatic carbocycles. The molecule has 31 heavy (non-hydrogen) atoms. The first-order valence-electron chi connectivity index (χ1n) is 9.97. The molecule has 0 bridgehead atoms. The van der Waals surface area contributed by atoms with Crippen LogP contribution in [0, 0.1) is 5.82 Å². The lowest BCUT2D eigenvalue weighted by atomic mass is 9.99. The molecule has 4 rings (SSSR count). The van der Waals surface area contributed by atoms with E-state index in [1.165, 1.54) is 35.5 Å². The van der Waals surface area contributed by atoms with Gasteiger partial charge in [0.1, 0.15) is 17.3 Å². The Bertz CT molecular complexity index is 1000. The number of ketones is 1. The van der Waals surface area contributed by atoms with E-state index >= 15 is 0 Å². The number of hydrogen-bond acceptors (Lipinski definition) is 7. The van der Waals surface area contributed by atoms with Gasteiger partial charge in [-0.25, -0.2) is 4.39 Å². The molecule has 0 spiro atoms. The highest BCUT2D eigenvalue weighted by atomic mass is 32.1. The van der Waals surface area contributed by atoms with Gasteiger partial charge in [-0.15, -0.1) is 11.3 Å². The number of hydrogen-bond donors (Lipinski definition) is 1. The molecular formula is C22H23FN2O5S. The molecule has 0 radical (unpaired) electrons. The Balaban J connectivity index is 1.74. The van der Waals surface area contributed by atoms with Crippen LogP contribution in [0.4, 0.5) is 4.39 Å². The van der Waals surface area contributed by atoms with Gasteiger partial charge in [-0.2, -0.15) is 0 Å². The fourth-order valence-electron chi connectivity index (χ4n) is 3.94. The Labute approximate surface area is 183 Å². The standard InChI is InChI=1S/C22H23FN2O5S/c1-29-16-5-4-14(23)13-15(16)20(26)18-19(17-3-2-12-31-17)25(22(28)21(18)27)7-6-24-8-10-30-11-9-24/h2-5,12-13,19,26H,6-11H2,1H3/b20-18+/t19-/m0/s1. The molecule has 1 amide bonds. The zero-order valence-corrected chi connectivity index (χ0v) is 17.9. The number of aliphatic hydroxyl groups is 1. The number of morpholine rings is 1. The van der Waals surface area contributed by atoms with Crippen LogP contribution in [0.3, 0.4) is 0 Å². The van der Waals surface area contributed by atoms with Crippen LogP contribution in [0.1, 0.15) is 16.5 Å². The zero-order chi connectivity index (χ0) is 22.0. The summed E-state index contributed by atoms with van der Waals surface area (Å²) in [7, 11) is 1.39. The number of nitrogens with zero attached hydrogens (tertiary/aromatic N) is 2. The second-order valence-electron chi connectivity index (χ2n) is 7.31. The summed E-state index contributed by atoms with van der Waals surface area (Å²) >= 11 is 1.39. The van der Waals surface area contributed by atoms with Gasteiger partial charge in [-0.3, -0.25) is 14.5 Å². The SMILES string of the molecule is COc1ccc(F)cc1/C(O)=C1\C(=O)C(=O)N(CCN2CCOCC2)[C@H]1c1cccs1. The fourth-order valence-corrected chi connectivity index (χ4v) is 4.78. The summed E-state index contributed by atoms with van der Waals surface area (Å²) in [6.07, 6.45) is 0. The maximum Gasteiger partial charge on any atom is 0.295 e. The quantitative estimate of drug-likeness (QED) is 0.418. The average molecular weight is 447 g/mol. The molecule has 7 nitrogen and oxygen atoms in total. The Morgan fingerprint density at radius 3 is 2.71 bits per heavy atom. The van der Waals surface area contributed by atoms with Crippen LogP contribution in [0.15, 0.2) is 41.3 Å². The summed E-state index contributed by atoms with van der Waals surface area (Å²) in [4.78, 5) is 30.3. The molecule has 3 heterocycles. The number of ether oxygens (including phenoxy) is 2. The van der Waals surface area contributed by atoms with Crippen molar-refractivity contribution < 1.29 is 28.6 Å². The van der Waals surface area contributed by atoms with E-state index in [0.717, 1.165) is 24.0 Å². The van der Waals surface area contributed by atoms with E-state index < -0.39 is 29.3 Å². The minimum Gasteiger partial charge on any atom is -0.507 e. The van der Waals surface area contributed by atoms with Crippen molar-refractivity contribution in [2.45, 2.75) is 6.04 Å². The molecule has 1 N–H and O–H groups in total. The minimum absolute atomic E-state index is 0.0373. The topological polar surface area (TPSA) is 79.3 Å². The number of amides is 1. The molecule has 2 aliphatic heterocycles. The van der Waals surface area contributed by atoms with Crippen LogP contribution in [0.2, 0.25) is 0 Å². The van der Waals surface area contributed by atoms with Crippen molar-refractivity contribution in [1.82, 2.24) is 9.80 Å². The van der Waals surface area contributed by atoms with Crippen molar-refractivity contribution in [2.24, 2.45) is 0 Å². The van der Waals surface area contributed by atoms with E-state index in [0.29, 0.717) is 26.3 Å². The molecule has 0 saturated carbocycles. The molecule has 1 aromatic heterocycles. The summed E-state index contributed by atoms with van der Waals surface area (Å²) in [6.45, 7) is 3.69. The number of Topliss-reactive ketones (excluding diaryl/α,β-unsaturated/α-hetero) is 1. The van der Waals surface area contributed by atoms with E-state index in [-0.39, 0.29) is 16.9 Å². The second-order valence-corrected chi connectivity index (χ2v) is 8.29. The van der Waals surface area contributed by atoms with Gasteiger partial charge in [0.05, 0.1) is 37.5 Å². The second kappa shape index (κ2) is 9.17. The maximum atomic E-state index is 13.9. The first-order valence-corrected chi connectivity index (χ1v) is 10.8. The van der Waals surface area contributed by atoms with Crippen molar-refractivity contribution in [3.05, 3.63) is 57.5 Å². The van der Waals surface area contributed by atoms with E-state index in [2.05, 4.69) is 4.90 Å². The highest BCUT2D eigenvalue weighted by molar-refractivity contribution is 7.10. The lowest BCUT2D eigenvalue weighted by Crippen LogP contribution is -2.42. The van der Waals surface area contributed by atoms with Crippen LogP contribution < -0.4 is 4.74 Å². The number of rotatable bonds is 6. The number of likely N-dealkylation sites (tertiary alicyclic amines) is 1. The number of halogens is 1. The average Bonchev–Trinajstić information content (AvgIpc) is 3.40. The molecule has 2 saturated heterocycles. The molecule has 164 valence electrons. The predicted octanol–water partition coefficient (Wildman–Crippen LogP) is 2.65. The molecule has 1 aromatic carbocycles. The molecule has 0 unspecified atom stereocenters. The van der Waals surface area contributed by atoms with E-state index in [9.17, 15) is 19.1 Å². The van der Waals surface area contributed by atoms with Gasteiger partial charge in [0.25, 0.3) is 11.7 Å². The smallest absolute Gasteiger partial charge is 0.295 e. The largest absolute Gasteiger partial charge is 0.507 e. The molecule has 2 fully saturated rings. The number of thiophene rings is 1. The number of aliphatic hydroxyl groups excluding tert-OH is 1. The summed E-state index contributed by atoms with van der Waals surface area (Å²) in [5.41, 5.74) is -0.0198. The van der Waals surface area contributed by atoms with Crippen LogP contribution in [-0.2, 0) is 14.3 Å². The van der Waals surface area contributed by atoms with Crippen LogP contribution in [0.25, 0.3) is 5.76 Å². The monoisotopic (exact) mass is 446 g/mol. The number of methoxy groups -OCH3 is 1. The first kappa shape index (κ1) is 21.5. The third-order valence-electron chi connectivity index (χ3n) is 5.53. The summed E-state index contributed by atoms with van der Waals surface area (Å²) in [5.74, 6) is -2.28. The van der Waals surface area contributed by atoms with Gasteiger partial charge in [0.2, 0.25) is 0 Å². The van der Waals surface area contributed by atoms with Crippen molar-refractivity contribution in [3.8, 4) is 5.75 Å². The van der Waals surface area contributed by atoms with Gasteiger partial charge >= 0.3 is 0 Å². The van der Waals surface area contributed by atoms with Gasteiger partial charge in [-0.1, -0.05) is 6.07 Å². The highest BCUT2D eigenvalue weighted by Crippen LogP contribution is 2.42. The molecule has 1 atom stereocenters. The minimum atomic E-state index is -0.788. The molecule has 2 aromatic rings. The third-order valence-corrected chi connectivity index (χ3v) is 6.45. The van der Waals surface area contributed by atoms with Gasteiger partial charge in [0.15, 0.2) is 0 Å². The number of carbonyl (C=O) groups excluding carboxylic acids is 2. The normalized spacial score (nSPS) is 21.6. The van der Waals surface area contributed by atoms with E-state index in [1.807, 2.05) is 17.5 Å². The Kier molecular flexibility index (Phi) is 6.35. The third kappa shape index (κ3) is 4.21. The lowest BCUT2D eigenvalue weighted by Gasteiger charge is -2.30. The first-order chi connectivity index (χ1) is 15.0. The van der Waals surface area contributed by atoms with Gasteiger partial charge in [-0.05, 0) is 29.6 Å². The van der Waals surface area contributed by atoms with E-state index in [4.69, 9.17) is 9.47 Å². The van der Waals surface area contributed by atoms with Gasteiger partial charge < -0.3 is 19.5 Å². The van der Waals surface area contributed by atoms with Crippen LogP contribution in [-0.4, -0.2) is 73.1 Å². The highest BCUT2D eigenvalue weighted by Gasteiger charge is 2.46. The molecule has 2 aliphatic rings. The summed E-state index contributed by atoms with van der Waals surface area (Å²) in [6, 6.07) is 6.57. The predicted molar refractivity (Wildman–Crippen MR) is 114 cm³/mol. The van der Waals surface area contributed by atoms with Crippen LogP contribution in [0.5, 0.6) is 5.75 Å². The van der Waals surface area contributed by atoms with Crippen LogP contribution >= 0.6 is 11.3 Å². The van der Waals surface area contributed by atoms with Gasteiger partial charge in [0, 0.05) is 31.1 Å². The molecular weight excluding hydrogens is 423 g/mol. The van der Waals surface area contributed by atoms with E-state index in [1.54, 1.807) is 0 Å². The van der Waals surface area contributed by atoms with Crippen molar-refractivity contribution in [2.75, 3.05) is 46.5 Å². The Morgan fingerprint density at radius 2 is 2.03 bits per heavy atom. The number of carbonyl (C=O) groups is 2. The van der Waals surface area contributed by atoms with Crippen molar-refractivity contribution in [1.29, 1.82) is 0 Å². The van der Waals surface area contributed by atoms with Crippen molar-refractivity contribution >= 4 is 28.8 Å². The summed E-state index contributed by atoms with van der Waals surface area (Å²) in [5, 5.41) is 12.9.